The maximum absolute atomic E-state index is 11.8. The quantitative estimate of drug-likeness (QED) is 0.346. The van der Waals surface area contributed by atoms with Gasteiger partial charge < -0.3 is 20.9 Å². The summed E-state index contributed by atoms with van der Waals surface area (Å²) in [4.78, 5) is 56.8. The maximum atomic E-state index is 11.8. The van der Waals surface area contributed by atoms with Crippen molar-refractivity contribution >= 4 is 29.4 Å². The molecule has 3 atom stereocenters. The molecule has 1 amide bonds. The third-order valence-corrected chi connectivity index (χ3v) is 3.09. The third-order valence-electron chi connectivity index (χ3n) is 3.09. The van der Waals surface area contributed by atoms with Crippen LogP contribution in [0.15, 0.2) is 0 Å². The number of hydrogen-bond acceptors (Lipinski definition) is 7. The summed E-state index contributed by atoms with van der Waals surface area (Å²) in [5, 5.41) is 10.7. The first-order valence-corrected chi connectivity index (χ1v) is 7.13. The summed E-state index contributed by atoms with van der Waals surface area (Å²) >= 11 is 0. The first kappa shape index (κ1) is 20.7. The molecule has 0 spiro atoms. The summed E-state index contributed by atoms with van der Waals surface area (Å²) in [5.74, 6) is -4.44. The lowest BCUT2D eigenvalue weighted by molar-refractivity contribution is -0.156. The molecule has 9 nitrogen and oxygen atoms in total. The zero-order valence-electron chi connectivity index (χ0n) is 13.3. The van der Waals surface area contributed by atoms with E-state index in [1.54, 1.807) is 6.92 Å². The van der Waals surface area contributed by atoms with Crippen molar-refractivity contribution in [1.29, 1.82) is 0 Å². The van der Waals surface area contributed by atoms with Gasteiger partial charge in [-0.2, -0.15) is 0 Å². The molecular weight excluding hydrogens is 308 g/mol. The van der Waals surface area contributed by atoms with Gasteiger partial charge in [-0.1, -0.05) is 6.92 Å². The molecule has 0 aromatic rings. The Morgan fingerprint density at radius 3 is 2.22 bits per heavy atom. The largest absolute Gasteiger partial charge is 0.481 e. The highest BCUT2D eigenvalue weighted by Crippen LogP contribution is 2.02. The highest BCUT2D eigenvalue weighted by Gasteiger charge is 2.28. The molecular formula is C14H22N2O7. The van der Waals surface area contributed by atoms with Gasteiger partial charge in [0.2, 0.25) is 5.78 Å². The minimum absolute atomic E-state index is 0.146. The molecule has 0 aromatic carbocycles. The van der Waals surface area contributed by atoms with Crippen LogP contribution in [0.5, 0.6) is 0 Å². The molecule has 9 heteroatoms. The number of ketones is 2. The number of aliphatic carboxylic acids is 1. The average Bonchev–Trinajstić information content (AvgIpc) is 2.48. The summed E-state index contributed by atoms with van der Waals surface area (Å²) in [6, 6.07) is -2.37. The van der Waals surface area contributed by atoms with Crippen LogP contribution in [0.2, 0.25) is 0 Å². The predicted molar refractivity (Wildman–Crippen MR) is 78.3 cm³/mol. The maximum Gasteiger partial charge on any atom is 0.329 e. The first-order valence-electron chi connectivity index (χ1n) is 7.13. The van der Waals surface area contributed by atoms with E-state index in [0.717, 1.165) is 0 Å². The number of carbonyl (C=O) groups is 5. The highest BCUT2D eigenvalue weighted by molar-refractivity contribution is 6.38. The Bertz CT molecular complexity index is 490. The highest BCUT2D eigenvalue weighted by atomic mass is 16.5. The molecule has 0 bridgehead atoms. The van der Waals surface area contributed by atoms with Crippen LogP contribution in [-0.4, -0.2) is 52.7 Å². The molecule has 0 aliphatic carbocycles. The minimum atomic E-state index is -1.27. The van der Waals surface area contributed by atoms with Crippen LogP contribution in [0.1, 0.15) is 40.0 Å². The normalized spacial score (nSPS) is 14.3. The molecule has 23 heavy (non-hydrogen) atoms. The molecule has 130 valence electrons. The van der Waals surface area contributed by atoms with Crippen LogP contribution in [0.4, 0.5) is 0 Å². The average molecular weight is 330 g/mol. The number of nitrogens with one attached hydrogen (secondary N) is 1. The molecule has 0 heterocycles. The molecule has 0 fully saturated rings. The second kappa shape index (κ2) is 9.67. The van der Waals surface area contributed by atoms with Gasteiger partial charge in [0, 0.05) is 6.42 Å². The number of carboxylic acid groups (broad SMARTS) is 1. The van der Waals surface area contributed by atoms with E-state index in [2.05, 4.69) is 5.32 Å². The second-order valence-electron chi connectivity index (χ2n) is 5.03. The van der Waals surface area contributed by atoms with Gasteiger partial charge in [0.25, 0.3) is 5.91 Å². The van der Waals surface area contributed by atoms with Gasteiger partial charge in [-0.25, -0.2) is 4.79 Å². The van der Waals surface area contributed by atoms with Crippen molar-refractivity contribution in [3.05, 3.63) is 0 Å². The number of ether oxygens (including phenoxy) is 1. The number of Topliss-reactive ketones (excluding diaryl/α,β-unsaturated/α-hetero) is 2. The van der Waals surface area contributed by atoms with Gasteiger partial charge >= 0.3 is 11.9 Å². The van der Waals surface area contributed by atoms with Crippen molar-refractivity contribution < 1.29 is 33.8 Å². The number of carboxylic acids is 1. The van der Waals surface area contributed by atoms with Gasteiger partial charge in [-0.15, -0.1) is 0 Å². The molecule has 0 rings (SSSR count). The summed E-state index contributed by atoms with van der Waals surface area (Å²) in [6.45, 7) is 4.23. The van der Waals surface area contributed by atoms with Gasteiger partial charge in [-0.3, -0.25) is 19.2 Å². The van der Waals surface area contributed by atoms with E-state index in [0.29, 0.717) is 0 Å². The Hall–Kier alpha value is -2.29. The van der Waals surface area contributed by atoms with E-state index in [9.17, 15) is 24.0 Å². The lowest BCUT2D eigenvalue weighted by Gasteiger charge is -2.18. The number of carbonyl (C=O) groups excluding carboxylic acids is 4. The lowest BCUT2D eigenvalue weighted by Crippen LogP contribution is -2.49. The zero-order chi connectivity index (χ0) is 18.2. The van der Waals surface area contributed by atoms with E-state index in [4.69, 9.17) is 15.6 Å². The standard InChI is InChI=1S/C14H22N2O7/c1-4-10(14(22)23-8(3)7(2)17)16-13(21)12(20)9(15)5-6-11(18)19/h8-10H,4-6,15H2,1-3H3,(H,16,21)(H,18,19)/t8?,9-,10+/m0/s1. The molecule has 0 saturated heterocycles. The van der Waals surface area contributed by atoms with E-state index < -0.39 is 41.8 Å². The van der Waals surface area contributed by atoms with Crippen molar-refractivity contribution in [3.8, 4) is 0 Å². The third kappa shape index (κ3) is 7.50. The Morgan fingerprint density at radius 2 is 1.78 bits per heavy atom. The van der Waals surface area contributed by atoms with Crippen LogP contribution in [0.25, 0.3) is 0 Å². The topological polar surface area (TPSA) is 153 Å². The number of amides is 1. The summed E-state index contributed by atoms with van der Waals surface area (Å²) in [7, 11) is 0. The summed E-state index contributed by atoms with van der Waals surface area (Å²) < 4.78 is 4.86. The van der Waals surface area contributed by atoms with Crippen molar-refractivity contribution in [2.24, 2.45) is 5.73 Å². The number of rotatable bonds is 10. The molecule has 0 saturated carbocycles. The van der Waals surface area contributed by atoms with Crippen LogP contribution in [0, 0.1) is 0 Å². The van der Waals surface area contributed by atoms with Gasteiger partial charge in [0.1, 0.15) is 6.04 Å². The van der Waals surface area contributed by atoms with Crippen molar-refractivity contribution in [2.45, 2.75) is 58.2 Å². The van der Waals surface area contributed by atoms with Crippen molar-refractivity contribution in [3.63, 3.8) is 0 Å². The van der Waals surface area contributed by atoms with Gasteiger partial charge in [0.05, 0.1) is 6.04 Å². The van der Waals surface area contributed by atoms with Crippen LogP contribution in [-0.2, 0) is 28.7 Å². The van der Waals surface area contributed by atoms with Gasteiger partial charge in [0.15, 0.2) is 11.9 Å². The van der Waals surface area contributed by atoms with E-state index >= 15 is 0 Å². The molecule has 0 radical (unpaired) electrons. The van der Waals surface area contributed by atoms with E-state index in [1.807, 2.05) is 0 Å². The first-order chi connectivity index (χ1) is 10.6. The van der Waals surface area contributed by atoms with Crippen LogP contribution >= 0.6 is 0 Å². The summed E-state index contributed by atoms with van der Waals surface area (Å²) in [6.07, 6.45) is -1.35. The number of nitrogens with two attached hydrogens (primary N) is 1. The second-order valence-corrected chi connectivity index (χ2v) is 5.03. The zero-order valence-corrected chi connectivity index (χ0v) is 13.3. The number of hydrogen-bond donors (Lipinski definition) is 3. The predicted octanol–water partition coefficient (Wildman–Crippen LogP) is -0.837. The Morgan fingerprint density at radius 1 is 1.22 bits per heavy atom. The molecule has 1 unspecified atom stereocenters. The fourth-order valence-electron chi connectivity index (χ4n) is 1.47. The van der Waals surface area contributed by atoms with E-state index in [-0.39, 0.29) is 25.0 Å². The van der Waals surface area contributed by atoms with E-state index in [1.165, 1.54) is 13.8 Å². The molecule has 4 N–H and O–H groups in total. The Balaban J connectivity index is 4.64. The lowest BCUT2D eigenvalue weighted by atomic mass is 10.1. The minimum Gasteiger partial charge on any atom is -0.481 e. The van der Waals surface area contributed by atoms with Crippen molar-refractivity contribution in [1.82, 2.24) is 5.32 Å². The monoisotopic (exact) mass is 330 g/mol. The Kier molecular flexibility index (Phi) is 8.71. The molecule has 0 aliphatic rings. The molecule has 0 aromatic heterocycles. The Labute approximate surface area is 133 Å². The fraction of sp³-hybridized carbons (Fsp3) is 0.643. The van der Waals surface area contributed by atoms with Crippen LogP contribution < -0.4 is 11.1 Å². The fourth-order valence-corrected chi connectivity index (χ4v) is 1.47. The molecule has 0 aliphatic heterocycles. The van der Waals surface area contributed by atoms with Gasteiger partial charge in [-0.05, 0) is 26.7 Å². The van der Waals surface area contributed by atoms with Crippen LogP contribution in [0.3, 0.4) is 0 Å². The SMILES string of the molecule is CC[C@@H](NC(=O)C(=O)[C@@H](N)CCC(=O)O)C(=O)OC(C)C(C)=O. The summed E-state index contributed by atoms with van der Waals surface area (Å²) in [5.41, 5.74) is 5.45. The van der Waals surface area contributed by atoms with Crippen molar-refractivity contribution in [2.75, 3.05) is 0 Å². The smallest absolute Gasteiger partial charge is 0.329 e. The number of esters is 1.